The van der Waals surface area contributed by atoms with Crippen LogP contribution >= 0.6 is 0 Å². The molecule has 1 aromatic heterocycles. The molecule has 3 atom stereocenters. The molecule has 0 aliphatic carbocycles. The van der Waals surface area contributed by atoms with Crippen molar-refractivity contribution in [3.05, 3.63) is 35.0 Å². The van der Waals surface area contributed by atoms with Crippen molar-refractivity contribution in [2.45, 2.75) is 51.2 Å². The summed E-state index contributed by atoms with van der Waals surface area (Å²) in [5.41, 5.74) is 5.19. The molecule has 29 heavy (non-hydrogen) atoms. The zero-order valence-electron chi connectivity index (χ0n) is 18.1. The lowest BCUT2D eigenvalue weighted by molar-refractivity contribution is -0.146. The van der Waals surface area contributed by atoms with Crippen molar-refractivity contribution < 1.29 is 14.3 Å². The molecular weight excluding hydrogens is 366 g/mol. The number of amides is 1. The predicted octanol–water partition coefficient (Wildman–Crippen LogP) is 2.91. The van der Waals surface area contributed by atoms with Gasteiger partial charge < -0.3 is 14.2 Å². The van der Waals surface area contributed by atoms with Crippen LogP contribution in [0.25, 0.3) is 10.9 Å². The largest absolute Gasteiger partial charge is 0.469 e. The molecule has 3 heterocycles. The smallest absolute Gasteiger partial charge is 0.306 e. The van der Waals surface area contributed by atoms with Crippen molar-refractivity contribution in [2.24, 2.45) is 5.92 Å². The van der Waals surface area contributed by atoms with Crippen LogP contribution in [0.4, 0.5) is 0 Å². The fourth-order valence-electron chi connectivity index (χ4n) is 5.28. The predicted molar refractivity (Wildman–Crippen MR) is 113 cm³/mol. The van der Waals surface area contributed by atoms with Gasteiger partial charge in [0.25, 0.3) is 0 Å². The summed E-state index contributed by atoms with van der Waals surface area (Å²) in [5.74, 6) is -0.809. The topological polar surface area (TPSA) is 54.8 Å². The van der Waals surface area contributed by atoms with E-state index >= 15 is 0 Å². The van der Waals surface area contributed by atoms with Crippen LogP contribution in [0.2, 0.25) is 0 Å². The maximum atomic E-state index is 12.9. The van der Waals surface area contributed by atoms with Gasteiger partial charge in [-0.3, -0.25) is 14.5 Å². The Kier molecular flexibility index (Phi) is 5.15. The lowest BCUT2D eigenvalue weighted by atomic mass is 9.96. The number of aryl methyl sites for hydroxylation is 1. The first-order valence-corrected chi connectivity index (χ1v) is 10.4. The Bertz CT molecular complexity index is 962. The van der Waals surface area contributed by atoms with Gasteiger partial charge in [0.1, 0.15) is 0 Å². The number of fused-ring (bicyclic) bond motifs is 6. The molecule has 0 spiro atoms. The third-order valence-electron chi connectivity index (χ3n) is 6.81. The first-order valence-electron chi connectivity index (χ1n) is 10.4. The number of likely N-dealkylation sites (N-methyl/N-ethyl adjacent to an activating group) is 1. The number of hydrogen-bond donors (Lipinski definition) is 0. The van der Waals surface area contributed by atoms with Crippen LogP contribution in [0.3, 0.4) is 0 Å². The van der Waals surface area contributed by atoms with Crippen LogP contribution in [0.5, 0.6) is 0 Å². The van der Waals surface area contributed by atoms with E-state index in [4.69, 9.17) is 4.74 Å². The molecule has 4 rings (SSSR count). The molecule has 2 aliphatic heterocycles. The van der Waals surface area contributed by atoms with Gasteiger partial charge in [-0.25, -0.2) is 0 Å². The number of carbonyl (C=O) groups excluding carboxylic acids is 2. The van der Waals surface area contributed by atoms with Gasteiger partial charge in [-0.1, -0.05) is 11.6 Å². The SMILES string of the molecule is COC(=O)CC(Cn1c2c(c3cc(C)ccc31)C1CCC(C2)N1C)C(=O)N(C)C. The molecule has 6 nitrogen and oxygen atoms in total. The summed E-state index contributed by atoms with van der Waals surface area (Å²) in [6.07, 6.45) is 3.49. The third-order valence-corrected chi connectivity index (χ3v) is 6.81. The van der Waals surface area contributed by atoms with Gasteiger partial charge in [-0.05, 0) is 44.5 Å². The molecule has 2 bridgehead atoms. The highest BCUT2D eigenvalue weighted by atomic mass is 16.5. The van der Waals surface area contributed by atoms with Crippen LogP contribution in [0.1, 0.15) is 42.1 Å². The summed E-state index contributed by atoms with van der Waals surface area (Å²) in [5, 5.41) is 1.30. The highest BCUT2D eigenvalue weighted by molar-refractivity contribution is 5.88. The maximum Gasteiger partial charge on any atom is 0.306 e. The fraction of sp³-hybridized carbons (Fsp3) is 0.565. The van der Waals surface area contributed by atoms with E-state index < -0.39 is 5.92 Å². The average molecular weight is 398 g/mol. The van der Waals surface area contributed by atoms with Gasteiger partial charge in [0.05, 0.1) is 19.4 Å². The molecule has 1 fully saturated rings. The van der Waals surface area contributed by atoms with E-state index in [1.54, 1.807) is 19.0 Å². The van der Waals surface area contributed by atoms with Crippen molar-refractivity contribution in [2.75, 3.05) is 28.3 Å². The zero-order chi connectivity index (χ0) is 20.9. The van der Waals surface area contributed by atoms with E-state index in [9.17, 15) is 9.59 Å². The van der Waals surface area contributed by atoms with Gasteiger partial charge in [-0.2, -0.15) is 0 Å². The minimum atomic E-state index is -0.434. The molecule has 2 aromatic rings. The zero-order valence-corrected chi connectivity index (χ0v) is 18.1. The number of esters is 1. The van der Waals surface area contributed by atoms with E-state index in [-0.39, 0.29) is 18.3 Å². The average Bonchev–Trinajstić information content (AvgIpc) is 3.10. The summed E-state index contributed by atoms with van der Waals surface area (Å²) in [6, 6.07) is 7.58. The second-order valence-electron chi connectivity index (χ2n) is 8.82. The molecular formula is C23H31N3O3. The van der Waals surface area contributed by atoms with E-state index in [0.29, 0.717) is 18.6 Å². The number of hydrogen-bond acceptors (Lipinski definition) is 4. The number of benzene rings is 1. The molecule has 0 radical (unpaired) electrons. The van der Waals surface area contributed by atoms with Gasteiger partial charge in [-0.15, -0.1) is 0 Å². The Labute approximate surface area is 172 Å². The van der Waals surface area contributed by atoms with Crippen molar-refractivity contribution >= 4 is 22.8 Å². The van der Waals surface area contributed by atoms with Crippen molar-refractivity contribution in [3.8, 4) is 0 Å². The van der Waals surface area contributed by atoms with Crippen LogP contribution in [-0.2, 0) is 27.3 Å². The van der Waals surface area contributed by atoms with Crippen LogP contribution in [-0.4, -0.2) is 60.5 Å². The van der Waals surface area contributed by atoms with Crippen molar-refractivity contribution in [1.82, 2.24) is 14.4 Å². The molecule has 6 heteroatoms. The summed E-state index contributed by atoms with van der Waals surface area (Å²) in [4.78, 5) is 29.0. The summed E-state index contributed by atoms with van der Waals surface area (Å²) in [7, 11) is 7.10. The van der Waals surface area contributed by atoms with E-state index in [1.807, 2.05) is 0 Å². The Hall–Kier alpha value is -2.34. The van der Waals surface area contributed by atoms with E-state index in [0.717, 1.165) is 6.42 Å². The highest BCUT2D eigenvalue weighted by Gasteiger charge is 2.41. The lowest BCUT2D eigenvalue weighted by Crippen LogP contribution is -2.37. The second kappa shape index (κ2) is 7.48. The molecule has 1 aromatic carbocycles. The lowest BCUT2D eigenvalue weighted by Gasteiger charge is -2.33. The maximum absolute atomic E-state index is 12.9. The van der Waals surface area contributed by atoms with Crippen molar-refractivity contribution in [3.63, 3.8) is 0 Å². The number of nitrogens with zero attached hydrogens (tertiary/aromatic N) is 3. The third kappa shape index (κ3) is 3.33. The minimum absolute atomic E-state index is 0.0333. The first kappa shape index (κ1) is 20.0. The molecule has 3 unspecified atom stereocenters. The van der Waals surface area contributed by atoms with Gasteiger partial charge >= 0.3 is 5.97 Å². The Morgan fingerprint density at radius 3 is 2.72 bits per heavy atom. The first-order chi connectivity index (χ1) is 13.8. The summed E-state index contributed by atoms with van der Waals surface area (Å²) < 4.78 is 7.20. The Morgan fingerprint density at radius 1 is 1.28 bits per heavy atom. The highest BCUT2D eigenvalue weighted by Crippen LogP contribution is 2.47. The second-order valence-corrected chi connectivity index (χ2v) is 8.82. The Balaban J connectivity index is 1.82. The normalized spacial score (nSPS) is 21.8. The van der Waals surface area contributed by atoms with E-state index in [2.05, 4.69) is 41.6 Å². The number of aromatic nitrogens is 1. The van der Waals surface area contributed by atoms with Crippen LogP contribution in [0, 0.1) is 12.8 Å². The fourth-order valence-corrected chi connectivity index (χ4v) is 5.28. The minimum Gasteiger partial charge on any atom is -0.469 e. The monoisotopic (exact) mass is 397 g/mol. The van der Waals surface area contributed by atoms with Gasteiger partial charge in [0, 0.05) is 55.7 Å². The molecule has 1 saturated heterocycles. The van der Waals surface area contributed by atoms with Crippen LogP contribution < -0.4 is 0 Å². The molecule has 0 saturated carbocycles. The van der Waals surface area contributed by atoms with Gasteiger partial charge in [0.2, 0.25) is 5.91 Å². The number of rotatable bonds is 5. The van der Waals surface area contributed by atoms with Gasteiger partial charge in [0.15, 0.2) is 0 Å². The van der Waals surface area contributed by atoms with Crippen molar-refractivity contribution in [1.29, 1.82) is 0 Å². The van der Waals surface area contributed by atoms with Crippen LogP contribution in [0.15, 0.2) is 18.2 Å². The number of carbonyl (C=O) groups is 2. The quantitative estimate of drug-likeness (QED) is 0.728. The molecule has 2 aliphatic rings. The molecule has 0 N–H and O–H groups in total. The number of methoxy groups -OCH3 is 1. The number of ether oxygens (including phenoxy) is 1. The summed E-state index contributed by atoms with van der Waals surface area (Å²) in [6.45, 7) is 2.63. The van der Waals surface area contributed by atoms with E-state index in [1.165, 1.54) is 47.7 Å². The summed E-state index contributed by atoms with van der Waals surface area (Å²) >= 11 is 0. The molecule has 156 valence electrons. The Morgan fingerprint density at radius 2 is 2.03 bits per heavy atom. The molecule has 1 amide bonds. The standard InChI is InChI=1S/C23H31N3O3/c1-14-6-8-18-17(10-14)22-19-9-7-16(25(19)4)12-20(22)26(18)13-15(11-21(27)29-5)23(28)24(2)3/h6,8,10,15-16,19H,7,9,11-13H2,1-5H3.